The molecule has 16 heavy (non-hydrogen) atoms. The molecule has 1 fully saturated rings. The molecule has 0 unspecified atom stereocenters. The van der Waals surface area contributed by atoms with Crippen molar-refractivity contribution in [1.29, 1.82) is 0 Å². The van der Waals surface area contributed by atoms with Crippen molar-refractivity contribution >= 4 is 5.71 Å². The molecule has 0 aromatic heterocycles. The minimum absolute atomic E-state index is 0.252. The minimum atomic E-state index is -0.252. The third kappa shape index (κ3) is 1.92. The van der Waals surface area contributed by atoms with Crippen molar-refractivity contribution in [3.8, 4) is 0 Å². The second-order valence-corrected chi connectivity index (χ2v) is 4.66. The maximum atomic E-state index is 13.1. The van der Waals surface area contributed by atoms with Gasteiger partial charge >= 0.3 is 0 Å². The molecule has 0 spiro atoms. The molecule has 0 aliphatic heterocycles. The third-order valence-electron chi connectivity index (χ3n) is 3.50. The molecule has 1 nitrogen and oxygen atoms in total. The highest BCUT2D eigenvalue weighted by Crippen LogP contribution is 2.52. The van der Waals surface area contributed by atoms with Gasteiger partial charge in [0.05, 0.1) is 5.71 Å². The van der Waals surface area contributed by atoms with Crippen molar-refractivity contribution in [2.75, 3.05) is 0 Å². The third-order valence-corrected chi connectivity index (χ3v) is 3.50. The Kier molecular flexibility index (Phi) is 2.66. The molecule has 2 rings (SSSR count). The normalized spacial score (nSPS) is 27.7. The van der Waals surface area contributed by atoms with Crippen LogP contribution in [0.3, 0.4) is 0 Å². The molecule has 0 atom stereocenters. The molecule has 2 aliphatic rings. The summed E-state index contributed by atoms with van der Waals surface area (Å²) in [4.78, 5) is 4.13. The summed E-state index contributed by atoms with van der Waals surface area (Å²) in [6.07, 6.45) is 8.66. The van der Waals surface area contributed by atoms with E-state index in [9.17, 15) is 4.39 Å². The van der Waals surface area contributed by atoms with Gasteiger partial charge in [-0.05, 0) is 42.9 Å². The number of hydrogen-bond acceptors (Lipinski definition) is 1. The molecule has 0 saturated heterocycles. The van der Waals surface area contributed by atoms with Crippen molar-refractivity contribution in [3.05, 3.63) is 48.0 Å². The van der Waals surface area contributed by atoms with Gasteiger partial charge in [-0.15, -0.1) is 0 Å². The lowest BCUT2D eigenvalue weighted by molar-refractivity contribution is 0.665. The monoisotopic (exact) mass is 217 g/mol. The van der Waals surface area contributed by atoms with E-state index in [-0.39, 0.29) is 5.83 Å². The Bertz CT molecular complexity index is 445. The molecule has 0 bridgehead atoms. The predicted molar refractivity (Wildman–Crippen MR) is 66.0 cm³/mol. The lowest BCUT2D eigenvalue weighted by Gasteiger charge is -2.16. The molecule has 0 amide bonds. The lowest BCUT2D eigenvalue weighted by Crippen LogP contribution is -2.08. The van der Waals surface area contributed by atoms with Gasteiger partial charge in [-0.2, -0.15) is 0 Å². The van der Waals surface area contributed by atoms with Crippen LogP contribution < -0.4 is 0 Å². The Morgan fingerprint density at radius 2 is 2.19 bits per heavy atom. The van der Waals surface area contributed by atoms with Gasteiger partial charge in [-0.3, -0.25) is 4.99 Å². The first-order valence-corrected chi connectivity index (χ1v) is 5.52. The first-order chi connectivity index (χ1) is 7.57. The van der Waals surface area contributed by atoms with E-state index in [1.54, 1.807) is 0 Å². The molecule has 1 saturated carbocycles. The van der Waals surface area contributed by atoms with Crippen molar-refractivity contribution in [2.24, 2.45) is 10.4 Å². The molecule has 0 aromatic rings. The first-order valence-electron chi connectivity index (χ1n) is 5.52. The zero-order chi connectivity index (χ0) is 11.8. The van der Waals surface area contributed by atoms with Gasteiger partial charge in [0, 0.05) is 12.3 Å². The van der Waals surface area contributed by atoms with Crippen LogP contribution in [0.4, 0.5) is 4.39 Å². The smallest absolute Gasteiger partial charge is 0.125 e. The van der Waals surface area contributed by atoms with Crippen LogP contribution in [0, 0.1) is 5.41 Å². The summed E-state index contributed by atoms with van der Waals surface area (Å²) in [5.74, 6) is -0.252. The highest BCUT2D eigenvalue weighted by molar-refractivity contribution is 6.12. The quantitative estimate of drug-likeness (QED) is 0.660. The van der Waals surface area contributed by atoms with Gasteiger partial charge in [0.25, 0.3) is 0 Å². The van der Waals surface area contributed by atoms with Gasteiger partial charge < -0.3 is 0 Å². The molecule has 0 aromatic carbocycles. The van der Waals surface area contributed by atoms with Gasteiger partial charge in [-0.25, -0.2) is 4.39 Å². The number of nitrogens with zero attached hydrogens (tertiary/aromatic N) is 1. The number of halogens is 1. The van der Waals surface area contributed by atoms with Crippen molar-refractivity contribution in [1.82, 2.24) is 0 Å². The van der Waals surface area contributed by atoms with E-state index in [1.165, 1.54) is 36.8 Å². The average Bonchev–Trinajstić information content (AvgIpc) is 2.98. The predicted octanol–water partition coefficient (Wildman–Crippen LogP) is 4.11. The zero-order valence-electron chi connectivity index (χ0n) is 9.76. The molecular formula is C14H16FN. The van der Waals surface area contributed by atoms with Crippen LogP contribution in [0.1, 0.15) is 26.7 Å². The van der Waals surface area contributed by atoms with E-state index in [2.05, 4.69) is 25.4 Å². The van der Waals surface area contributed by atoms with Crippen LogP contribution in [-0.4, -0.2) is 5.71 Å². The van der Waals surface area contributed by atoms with Gasteiger partial charge in [0.15, 0.2) is 0 Å². The number of rotatable bonds is 2. The summed E-state index contributed by atoms with van der Waals surface area (Å²) in [7, 11) is 0. The first kappa shape index (κ1) is 11.1. The minimum Gasteiger partial charge on any atom is -0.257 e. The Labute approximate surface area is 95.8 Å². The fourth-order valence-corrected chi connectivity index (χ4v) is 1.91. The molecule has 0 radical (unpaired) electrons. The number of allylic oxidation sites excluding steroid dienone is 6. The lowest BCUT2D eigenvalue weighted by atomic mass is 9.90. The molecule has 0 heterocycles. The molecule has 84 valence electrons. The van der Waals surface area contributed by atoms with Gasteiger partial charge in [0.2, 0.25) is 0 Å². The maximum Gasteiger partial charge on any atom is 0.125 e. The zero-order valence-corrected chi connectivity index (χ0v) is 9.76. The van der Waals surface area contributed by atoms with E-state index >= 15 is 0 Å². The van der Waals surface area contributed by atoms with Crippen LogP contribution in [0.15, 0.2) is 53.0 Å². The highest BCUT2D eigenvalue weighted by atomic mass is 19.1. The van der Waals surface area contributed by atoms with Crippen molar-refractivity contribution in [3.63, 3.8) is 0 Å². The summed E-state index contributed by atoms with van der Waals surface area (Å²) in [6.45, 7) is 7.92. The summed E-state index contributed by atoms with van der Waals surface area (Å²) < 4.78 is 13.1. The van der Waals surface area contributed by atoms with Crippen molar-refractivity contribution in [2.45, 2.75) is 26.7 Å². The fraction of sp³-hybridized carbons (Fsp3) is 0.357. The number of aliphatic imine (C=N–C) groups is 1. The molecule has 2 heteroatoms. The van der Waals surface area contributed by atoms with E-state index in [4.69, 9.17) is 0 Å². The van der Waals surface area contributed by atoms with Gasteiger partial charge in [0.1, 0.15) is 5.83 Å². The second kappa shape index (κ2) is 3.85. The van der Waals surface area contributed by atoms with E-state index in [0.29, 0.717) is 11.1 Å². The molecule has 0 N–H and O–H groups in total. The maximum absolute atomic E-state index is 13.1. The summed E-state index contributed by atoms with van der Waals surface area (Å²) in [5.41, 5.74) is 3.32. The highest BCUT2D eigenvalue weighted by Gasteiger charge is 2.40. The Hall–Kier alpha value is -1.44. The summed E-state index contributed by atoms with van der Waals surface area (Å²) in [6, 6.07) is 0. The van der Waals surface area contributed by atoms with E-state index in [1.807, 2.05) is 6.08 Å². The Morgan fingerprint density at radius 3 is 2.75 bits per heavy atom. The molecule has 2 aliphatic carbocycles. The van der Waals surface area contributed by atoms with Crippen LogP contribution in [0.2, 0.25) is 0 Å². The number of hydrogen-bond donors (Lipinski definition) is 0. The van der Waals surface area contributed by atoms with Crippen LogP contribution in [0.25, 0.3) is 0 Å². The summed E-state index contributed by atoms with van der Waals surface area (Å²) >= 11 is 0. The Morgan fingerprint density at radius 1 is 1.50 bits per heavy atom. The Balaban J connectivity index is 2.45. The largest absolute Gasteiger partial charge is 0.257 e. The van der Waals surface area contributed by atoms with Crippen LogP contribution in [0.5, 0.6) is 0 Å². The SMILES string of the molecule is C=CN=C1C=C(F)C=C/C1=C(/C)C1(C)CC1. The van der Waals surface area contributed by atoms with Gasteiger partial charge in [-0.1, -0.05) is 19.1 Å². The van der Waals surface area contributed by atoms with Crippen LogP contribution >= 0.6 is 0 Å². The van der Waals surface area contributed by atoms with Crippen molar-refractivity contribution < 1.29 is 4.39 Å². The topological polar surface area (TPSA) is 12.4 Å². The van der Waals surface area contributed by atoms with E-state index in [0.717, 1.165) is 5.57 Å². The summed E-state index contributed by atoms with van der Waals surface area (Å²) in [5, 5.41) is 0. The fourth-order valence-electron chi connectivity index (χ4n) is 1.91. The van der Waals surface area contributed by atoms with E-state index < -0.39 is 0 Å². The molecular weight excluding hydrogens is 201 g/mol. The second-order valence-electron chi connectivity index (χ2n) is 4.66. The average molecular weight is 217 g/mol. The standard InChI is InChI=1S/C14H16FN/c1-4-16-13-9-11(15)5-6-12(13)10(2)14(3)7-8-14/h4-6,9H,1,7-8H2,2-3H3/b12-10+,16-13?. The van der Waals surface area contributed by atoms with Crippen LogP contribution in [-0.2, 0) is 0 Å².